The van der Waals surface area contributed by atoms with E-state index >= 15 is 0 Å². The van der Waals surface area contributed by atoms with Crippen molar-refractivity contribution in [2.75, 3.05) is 14.2 Å². The molecule has 28 heavy (non-hydrogen) atoms. The van der Waals surface area contributed by atoms with Crippen LogP contribution in [0.5, 0.6) is 11.5 Å². The highest BCUT2D eigenvalue weighted by atomic mass is 16.6. The molecule has 8 heteroatoms. The number of carbonyl (C=O) groups is 1. The highest BCUT2D eigenvalue weighted by Gasteiger charge is 2.20. The Labute approximate surface area is 162 Å². The van der Waals surface area contributed by atoms with Crippen LogP contribution in [0, 0.1) is 21.4 Å². The van der Waals surface area contributed by atoms with Crippen LogP contribution in [0.25, 0.3) is 6.08 Å². The number of nitro benzene ring substituents is 1. The fourth-order valence-electron chi connectivity index (χ4n) is 2.57. The first-order valence-corrected chi connectivity index (χ1v) is 8.29. The summed E-state index contributed by atoms with van der Waals surface area (Å²) in [4.78, 5) is 23.1. The van der Waals surface area contributed by atoms with Gasteiger partial charge in [0.2, 0.25) is 5.75 Å². The molecule has 0 bridgehead atoms. The Morgan fingerprint density at radius 1 is 1.21 bits per heavy atom. The van der Waals surface area contributed by atoms with Gasteiger partial charge in [0.05, 0.1) is 25.2 Å². The van der Waals surface area contributed by atoms with Crippen molar-refractivity contribution in [2.24, 2.45) is 0 Å². The van der Waals surface area contributed by atoms with E-state index in [9.17, 15) is 20.2 Å². The zero-order valence-corrected chi connectivity index (χ0v) is 15.6. The van der Waals surface area contributed by atoms with Crippen LogP contribution < -0.4 is 14.8 Å². The van der Waals surface area contributed by atoms with Crippen LogP contribution >= 0.6 is 0 Å². The third-order valence-corrected chi connectivity index (χ3v) is 4.04. The number of carbonyl (C=O) groups excluding carboxylic acids is 1. The van der Waals surface area contributed by atoms with Crippen molar-refractivity contribution in [1.29, 1.82) is 5.26 Å². The fourth-order valence-corrected chi connectivity index (χ4v) is 2.57. The van der Waals surface area contributed by atoms with Crippen LogP contribution in [0.2, 0.25) is 0 Å². The van der Waals surface area contributed by atoms with Gasteiger partial charge in [-0.1, -0.05) is 30.3 Å². The fraction of sp³-hybridized carbons (Fsp3) is 0.200. The molecule has 0 aromatic heterocycles. The van der Waals surface area contributed by atoms with Gasteiger partial charge in [-0.05, 0) is 18.6 Å². The molecule has 144 valence electrons. The van der Waals surface area contributed by atoms with E-state index in [2.05, 4.69) is 5.32 Å². The van der Waals surface area contributed by atoms with Gasteiger partial charge >= 0.3 is 5.69 Å². The van der Waals surface area contributed by atoms with Crippen LogP contribution in [0.3, 0.4) is 0 Å². The SMILES string of the molecule is COc1cc(OC)c([N+](=O)[O-])cc1/C=C(/C#N)C(=O)N[C@@H](C)c1ccccc1. The van der Waals surface area contributed by atoms with Crippen LogP contribution in [0.15, 0.2) is 48.0 Å². The minimum atomic E-state index is -0.612. The average molecular weight is 381 g/mol. The third-order valence-electron chi connectivity index (χ3n) is 4.04. The van der Waals surface area contributed by atoms with Gasteiger partial charge in [-0.3, -0.25) is 14.9 Å². The van der Waals surface area contributed by atoms with Crippen molar-refractivity contribution in [2.45, 2.75) is 13.0 Å². The molecule has 0 fully saturated rings. The molecule has 1 atom stereocenters. The van der Waals surface area contributed by atoms with Gasteiger partial charge in [0.15, 0.2) is 0 Å². The normalized spacial score (nSPS) is 11.9. The summed E-state index contributed by atoms with van der Waals surface area (Å²) in [5, 5.41) is 23.4. The highest BCUT2D eigenvalue weighted by molar-refractivity contribution is 6.02. The van der Waals surface area contributed by atoms with E-state index in [0.717, 1.165) is 5.56 Å². The molecule has 2 aromatic carbocycles. The molecule has 0 heterocycles. The van der Waals surface area contributed by atoms with Gasteiger partial charge in [0.1, 0.15) is 17.4 Å². The smallest absolute Gasteiger partial charge is 0.311 e. The van der Waals surface area contributed by atoms with Gasteiger partial charge in [0.25, 0.3) is 5.91 Å². The number of rotatable bonds is 7. The molecule has 1 N–H and O–H groups in total. The molecule has 0 aliphatic rings. The second kappa shape index (κ2) is 9.19. The summed E-state index contributed by atoms with van der Waals surface area (Å²) in [5.74, 6) is -0.349. The number of amides is 1. The Morgan fingerprint density at radius 3 is 2.39 bits per heavy atom. The van der Waals surface area contributed by atoms with Crippen LogP contribution in [0.4, 0.5) is 5.69 Å². The predicted molar refractivity (Wildman–Crippen MR) is 103 cm³/mol. The minimum Gasteiger partial charge on any atom is -0.496 e. The number of hydrogen-bond donors (Lipinski definition) is 1. The number of nitriles is 1. The van der Waals surface area contributed by atoms with Crippen LogP contribution in [-0.4, -0.2) is 25.1 Å². The van der Waals surface area contributed by atoms with Gasteiger partial charge in [-0.15, -0.1) is 0 Å². The van der Waals surface area contributed by atoms with E-state index in [1.54, 1.807) is 6.92 Å². The van der Waals surface area contributed by atoms with E-state index in [1.165, 1.54) is 32.4 Å². The van der Waals surface area contributed by atoms with E-state index in [1.807, 2.05) is 36.4 Å². The zero-order chi connectivity index (χ0) is 20.7. The van der Waals surface area contributed by atoms with Crippen molar-refractivity contribution < 1.29 is 19.2 Å². The molecule has 0 aliphatic carbocycles. The summed E-state index contributed by atoms with van der Waals surface area (Å²) in [7, 11) is 2.68. The maximum absolute atomic E-state index is 12.5. The maximum atomic E-state index is 12.5. The second-order valence-electron chi connectivity index (χ2n) is 5.80. The standard InChI is InChI=1S/C20H19N3O5/c1-13(14-7-5-4-6-8-14)22-20(24)16(12-21)9-15-10-17(23(25)26)19(28-3)11-18(15)27-2/h4-11,13H,1-3H3,(H,22,24)/b16-9-/t13-/m0/s1. The molecular formula is C20H19N3O5. The van der Waals surface area contributed by atoms with Gasteiger partial charge in [0, 0.05) is 17.7 Å². The predicted octanol–water partition coefficient (Wildman–Crippen LogP) is 3.40. The average Bonchev–Trinajstić information content (AvgIpc) is 2.71. The van der Waals surface area contributed by atoms with Crippen molar-refractivity contribution >= 4 is 17.7 Å². The van der Waals surface area contributed by atoms with Gasteiger partial charge in [-0.2, -0.15) is 5.26 Å². The number of benzene rings is 2. The minimum absolute atomic E-state index is 0.0136. The Morgan fingerprint density at radius 2 is 1.86 bits per heavy atom. The van der Waals surface area contributed by atoms with Crippen LogP contribution in [0.1, 0.15) is 24.1 Å². The number of nitro groups is 1. The number of ether oxygens (including phenoxy) is 2. The van der Waals surface area contributed by atoms with Crippen molar-refractivity contribution in [3.8, 4) is 17.6 Å². The summed E-state index contributed by atoms with van der Waals surface area (Å²) >= 11 is 0. The lowest BCUT2D eigenvalue weighted by atomic mass is 10.1. The first kappa shape index (κ1) is 20.5. The van der Waals surface area contributed by atoms with Gasteiger partial charge in [-0.25, -0.2) is 0 Å². The quantitative estimate of drug-likeness (QED) is 0.340. The number of nitrogens with zero attached hydrogens (tertiary/aromatic N) is 2. The molecule has 0 unspecified atom stereocenters. The third kappa shape index (κ3) is 4.65. The van der Waals surface area contributed by atoms with E-state index in [0.29, 0.717) is 0 Å². The summed E-state index contributed by atoms with van der Waals surface area (Å²) in [6.45, 7) is 1.79. The summed E-state index contributed by atoms with van der Waals surface area (Å²) in [5.41, 5.74) is 0.588. The topological polar surface area (TPSA) is 114 Å². The number of methoxy groups -OCH3 is 2. The molecule has 2 aromatic rings. The molecule has 0 aliphatic heterocycles. The lowest BCUT2D eigenvalue weighted by Crippen LogP contribution is -2.27. The maximum Gasteiger partial charge on any atom is 0.311 e. The monoisotopic (exact) mass is 381 g/mol. The summed E-state index contributed by atoms with van der Waals surface area (Å²) in [6.07, 6.45) is 1.25. The molecule has 8 nitrogen and oxygen atoms in total. The Bertz CT molecular complexity index is 948. The molecule has 0 spiro atoms. The summed E-state index contributed by atoms with van der Waals surface area (Å²) in [6, 6.07) is 13.3. The van der Waals surface area contributed by atoms with E-state index < -0.39 is 10.8 Å². The lowest BCUT2D eigenvalue weighted by Gasteiger charge is -2.14. The summed E-state index contributed by atoms with van der Waals surface area (Å²) < 4.78 is 10.2. The Kier molecular flexibility index (Phi) is 6.71. The molecule has 1 amide bonds. The van der Waals surface area contributed by atoms with Gasteiger partial charge < -0.3 is 14.8 Å². The lowest BCUT2D eigenvalue weighted by molar-refractivity contribution is -0.385. The first-order chi connectivity index (χ1) is 13.4. The molecule has 0 saturated carbocycles. The van der Waals surface area contributed by atoms with Crippen molar-refractivity contribution in [3.05, 3.63) is 69.3 Å². The van der Waals surface area contributed by atoms with Crippen molar-refractivity contribution in [3.63, 3.8) is 0 Å². The van der Waals surface area contributed by atoms with E-state index in [4.69, 9.17) is 9.47 Å². The van der Waals surface area contributed by atoms with E-state index in [-0.39, 0.29) is 34.4 Å². The van der Waals surface area contributed by atoms with Crippen molar-refractivity contribution in [1.82, 2.24) is 5.32 Å². The number of hydrogen-bond acceptors (Lipinski definition) is 6. The zero-order valence-electron chi connectivity index (χ0n) is 15.6. The molecule has 0 radical (unpaired) electrons. The highest BCUT2D eigenvalue weighted by Crippen LogP contribution is 2.35. The Hall–Kier alpha value is -3.86. The largest absolute Gasteiger partial charge is 0.496 e. The molecule has 0 saturated heterocycles. The molecule has 2 rings (SSSR count). The van der Waals surface area contributed by atoms with Crippen LogP contribution in [-0.2, 0) is 4.79 Å². The Balaban J connectivity index is 2.38. The number of nitrogens with one attached hydrogen (secondary N) is 1. The first-order valence-electron chi connectivity index (χ1n) is 8.29. The second-order valence-corrected chi connectivity index (χ2v) is 5.80. The molecular weight excluding hydrogens is 362 g/mol.